The Bertz CT molecular complexity index is 879. The lowest BCUT2D eigenvalue weighted by molar-refractivity contribution is 0.102. The number of anilines is 2. The molecule has 0 aliphatic rings. The first kappa shape index (κ1) is 19.4. The van der Waals surface area contributed by atoms with Crippen LogP contribution in [0.3, 0.4) is 0 Å². The van der Waals surface area contributed by atoms with Crippen LogP contribution in [0.15, 0.2) is 51.8 Å². The summed E-state index contributed by atoms with van der Waals surface area (Å²) >= 11 is 3.33. The third-order valence-corrected chi connectivity index (χ3v) is 5.92. The van der Waals surface area contributed by atoms with Gasteiger partial charge in [0.2, 0.25) is 10.0 Å². The number of hydrogen-bond donors (Lipinski definition) is 1. The summed E-state index contributed by atoms with van der Waals surface area (Å²) in [6, 6.07) is 11.6. The number of halogens is 1. The highest BCUT2D eigenvalue weighted by Crippen LogP contribution is 2.29. The highest BCUT2D eigenvalue weighted by atomic mass is 79.9. The molecule has 0 bridgehead atoms. The van der Waals surface area contributed by atoms with Crippen molar-refractivity contribution in [1.82, 2.24) is 4.31 Å². The molecule has 2 rings (SSSR count). The topological polar surface area (TPSA) is 69.7 Å². The van der Waals surface area contributed by atoms with Gasteiger partial charge in [0.25, 0.3) is 5.91 Å². The van der Waals surface area contributed by atoms with Gasteiger partial charge in [0.05, 0.1) is 16.3 Å². The van der Waals surface area contributed by atoms with Gasteiger partial charge >= 0.3 is 0 Å². The normalized spacial score (nSPS) is 11.4. The Morgan fingerprint density at radius 1 is 1.00 bits per heavy atom. The summed E-state index contributed by atoms with van der Waals surface area (Å²) in [5, 5.41) is 2.80. The number of hydrogen-bond acceptors (Lipinski definition) is 4. The van der Waals surface area contributed by atoms with E-state index in [0.29, 0.717) is 16.9 Å². The van der Waals surface area contributed by atoms with Crippen LogP contribution >= 0.6 is 15.9 Å². The van der Waals surface area contributed by atoms with Crippen molar-refractivity contribution in [2.24, 2.45) is 0 Å². The molecule has 0 heterocycles. The minimum Gasteiger partial charge on any atom is -0.376 e. The maximum absolute atomic E-state index is 12.5. The molecule has 0 aliphatic heterocycles. The van der Waals surface area contributed by atoms with Gasteiger partial charge in [-0.25, -0.2) is 12.7 Å². The molecule has 0 unspecified atom stereocenters. The predicted octanol–water partition coefficient (Wildman–Crippen LogP) is 3.02. The van der Waals surface area contributed by atoms with E-state index in [1.54, 1.807) is 30.3 Å². The highest BCUT2D eigenvalue weighted by Gasteiger charge is 2.20. The molecule has 2 aromatic rings. The number of carbonyl (C=O) groups is 1. The molecular formula is C17H20BrN3O3S. The Hall–Kier alpha value is -1.90. The van der Waals surface area contributed by atoms with E-state index in [4.69, 9.17) is 0 Å². The van der Waals surface area contributed by atoms with Crippen LogP contribution in [0.5, 0.6) is 0 Å². The van der Waals surface area contributed by atoms with Crippen molar-refractivity contribution in [3.8, 4) is 0 Å². The highest BCUT2D eigenvalue weighted by molar-refractivity contribution is 9.10. The van der Waals surface area contributed by atoms with E-state index in [1.165, 1.54) is 26.2 Å². The summed E-state index contributed by atoms with van der Waals surface area (Å²) in [5.74, 6) is -0.310. The van der Waals surface area contributed by atoms with E-state index in [2.05, 4.69) is 21.2 Å². The Morgan fingerprint density at radius 3 is 2.12 bits per heavy atom. The van der Waals surface area contributed by atoms with Crippen molar-refractivity contribution >= 4 is 43.2 Å². The summed E-state index contributed by atoms with van der Waals surface area (Å²) in [5.41, 5.74) is 1.62. The number of rotatable bonds is 5. The zero-order valence-corrected chi connectivity index (χ0v) is 16.8. The molecule has 0 aliphatic carbocycles. The minimum atomic E-state index is -3.59. The van der Waals surface area contributed by atoms with Gasteiger partial charge in [-0.15, -0.1) is 0 Å². The van der Waals surface area contributed by atoms with Crippen LogP contribution < -0.4 is 10.2 Å². The SMILES string of the molecule is CN(C)c1ccc(S(=O)(=O)N(C)C)cc1NC(=O)c1ccc(Br)cc1. The molecule has 0 atom stereocenters. The third kappa shape index (κ3) is 4.39. The van der Waals surface area contributed by atoms with Gasteiger partial charge in [0.15, 0.2) is 0 Å². The molecule has 1 amide bonds. The van der Waals surface area contributed by atoms with E-state index in [-0.39, 0.29) is 10.8 Å². The first-order valence-corrected chi connectivity index (χ1v) is 9.67. The molecule has 8 heteroatoms. The molecule has 6 nitrogen and oxygen atoms in total. The van der Waals surface area contributed by atoms with Crippen molar-refractivity contribution in [3.63, 3.8) is 0 Å². The number of nitrogens with one attached hydrogen (secondary N) is 1. The molecule has 0 aromatic heterocycles. The second-order valence-corrected chi connectivity index (χ2v) is 8.89. The first-order valence-electron chi connectivity index (χ1n) is 7.44. The average Bonchev–Trinajstić information content (AvgIpc) is 2.54. The number of benzene rings is 2. The van der Waals surface area contributed by atoms with Gasteiger partial charge in [0, 0.05) is 38.2 Å². The van der Waals surface area contributed by atoms with Crippen molar-refractivity contribution in [2.45, 2.75) is 4.90 Å². The number of carbonyl (C=O) groups excluding carboxylic acids is 1. The van der Waals surface area contributed by atoms with E-state index < -0.39 is 10.0 Å². The predicted molar refractivity (Wildman–Crippen MR) is 104 cm³/mol. The molecular weight excluding hydrogens is 406 g/mol. The average molecular weight is 426 g/mol. The van der Waals surface area contributed by atoms with Crippen LogP contribution in [0.25, 0.3) is 0 Å². The van der Waals surface area contributed by atoms with Gasteiger partial charge in [-0.2, -0.15) is 0 Å². The van der Waals surface area contributed by atoms with Crippen LogP contribution in [-0.4, -0.2) is 46.8 Å². The quantitative estimate of drug-likeness (QED) is 0.798. The standard InChI is InChI=1S/C17H20BrN3O3S/c1-20(2)16-10-9-14(25(23,24)21(3)4)11-15(16)19-17(22)12-5-7-13(18)8-6-12/h5-11H,1-4H3,(H,19,22). The van der Waals surface area contributed by atoms with E-state index in [0.717, 1.165) is 8.78 Å². The molecule has 0 spiro atoms. The fraction of sp³-hybridized carbons (Fsp3) is 0.235. The number of nitrogens with zero attached hydrogens (tertiary/aromatic N) is 2. The van der Waals surface area contributed by atoms with Crippen LogP contribution in [0.1, 0.15) is 10.4 Å². The van der Waals surface area contributed by atoms with Gasteiger partial charge in [-0.05, 0) is 42.5 Å². The smallest absolute Gasteiger partial charge is 0.255 e. The molecule has 1 N–H and O–H groups in total. The fourth-order valence-electron chi connectivity index (χ4n) is 2.17. The Balaban J connectivity index is 2.43. The molecule has 0 fully saturated rings. The van der Waals surface area contributed by atoms with Gasteiger partial charge < -0.3 is 10.2 Å². The molecule has 25 heavy (non-hydrogen) atoms. The van der Waals surface area contributed by atoms with Crippen LogP contribution in [0.4, 0.5) is 11.4 Å². The molecule has 134 valence electrons. The van der Waals surface area contributed by atoms with Crippen molar-refractivity contribution in [3.05, 3.63) is 52.5 Å². The summed E-state index contributed by atoms with van der Waals surface area (Å²) < 4.78 is 26.7. The maximum atomic E-state index is 12.5. The lowest BCUT2D eigenvalue weighted by Gasteiger charge is -2.20. The van der Waals surface area contributed by atoms with Crippen molar-refractivity contribution < 1.29 is 13.2 Å². The summed E-state index contributed by atoms with van der Waals surface area (Å²) in [6.07, 6.45) is 0. The van der Waals surface area contributed by atoms with Gasteiger partial charge in [0.1, 0.15) is 0 Å². The molecule has 0 saturated heterocycles. The summed E-state index contributed by atoms with van der Waals surface area (Å²) in [6.45, 7) is 0. The largest absolute Gasteiger partial charge is 0.376 e. The lowest BCUT2D eigenvalue weighted by atomic mass is 10.2. The zero-order valence-electron chi connectivity index (χ0n) is 14.4. The van der Waals surface area contributed by atoms with Crippen molar-refractivity contribution in [1.29, 1.82) is 0 Å². The Kier molecular flexibility index (Phi) is 5.87. The van der Waals surface area contributed by atoms with E-state index in [1.807, 2.05) is 19.0 Å². The van der Waals surface area contributed by atoms with E-state index >= 15 is 0 Å². The van der Waals surface area contributed by atoms with E-state index in [9.17, 15) is 13.2 Å². The summed E-state index contributed by atoms with van der Waals surface area (Å²) in [4.78, 5) is 14.4. The second-order valence-electron chi connectivity index (χ2n) is 5.82. The summed E-state index contributed by atoms with van der Waals surface area (Å²) in [7, 11) is 2.99. The Labute approximate surface area is 156 Å². The molecule has 2 aromatic carbocycles. The zero-order chi connectivity index (χ0) is 18.8. The monoisotopic (exact) mass is 425 g/mol. The van der Waals surface area contributed by atoms with Crippen LogP contribution in [0.2, 0.25) is 0 Å². The third-order valence-electron chi connectivity index (χ3n) is 3.58. The van der Waals surface area contributed by atoms with Gasteiger partial charge in [-0.3, -0.25) is 4.79 Å². The molecule has 0 radical (unpaired) electrons. The lowest BCUT2D eigenvalue weighted by Crippen LogP contribution is -2.23. The second kappa shape index (κ2) is 7.55. The van der Waals surface area contributed by atoms with Crippen LogP contribution in [0, 0.1) is 0 Å². The van der Waals surface area contributed by atoms with Crippen molar-refractivity contribution in [2.75, 3.05) is 38.4 Å². The van der Waals surface area contributed by atoms with Crippen LogP contribution in [-0.2, 0) is 10.0 Å². The first-order chi connectivity index (χ1) is 11.6. The molecule has 0 saturated carbocycles. The number of sulfonamides is 1. The fourth-order valence-corrected chi connectivity index (χ4v) is 3.37. The Morgan fingerprint density at radius 2 is 1.60 bits per heavy atom. The minimum absolute atomic E-state index is 0.120. The van der Waals surface area contributed by atoms with Gasteiger partial charge in [-0.1, -0.05) is 15.9 Å². The number of amides is 1. The maximum Gasteiger partial charge on any atom is 0.255 e.